The molecule has 5 nitrogen and oxygen atoms in total. The van der Waals surface area contributed by atoms with Gasteiger partial charge in [-0.1, -0.05) is 29.8 Å². The predicted molar refractivity (Wildman–Crippen MR) is 101 cm³/mol. The Morgan fingerprint density at radius 3 is 2.68 bits per heavy atom. The molecule has 0 saturated carbocycles. The fourth-order valence-electron chi connectivity index (χ4n) is 1.96. The number of thioether (sulfide) groups is 1. The van der Waals surface area contributed by atoms with Gasteiger partial charge in [0.1, 0.15) is 5.75 Å². The van der Waals surface area contributed by atoms with Gasteiger partial charge in [-0.05, 0) is 31.2 Å². The number of hydrogen-bond donors (Lipinski definition) is 2. The summed E-state index contributed by atoms with van der Waals surface area (Å²) >= 11 is 7.44. The molecule has 2 amide bonds. The minimum Gasteiger partial charge on any atom is -0.484 e. The van der Waals surface area contributed by atoms with Gasteiger partial charge in [0.05, 0.1) is 10.8 Å². The zero-order valence-electron chi connectivity index (χ0n) is 13.8. The molecule has 132 valence electrons. The van der Waals surface area contributed by atoms with E-state index in [1.807, 2.05) is 25.1 Å². The molecule has 2 aromatic rings. The molecule has 0 fully saturated rings. The van der Waals surface area contributed by atoms with Gasteiger partial charge in [-0.2, -0.15) is 0 Å². The normalized spacial score (nSPS) is 10.2. The molecule has 0 aliphatic heterocycles. The van der Waals surface area contributed by atoms with Crippen molar-refractivity contribution in [2.24, 2.45) is 0 Å². The summed E-state index contributed by atoms with van der Waals surface area (Å²) < 4.78 is 5.40. The first-order valence-electron chi connectivity index (χ1n) is 7.75. The maximum Gasteiger partial charge on any atom is 0.257 e. The number of halogens is 1. The average molecular weight is 379 g/mol. The monoisotopic (exact) mass is 378 g/mol. The molecule has 0 atom stereocenters. The van der Waals surface area contributed by atoms with Crippen LogP contribution in [0.15, 0.2) is 53.4 Å². The van der Waals surface area contributed by atoms with E-state index in [-0.39, 0.29) is 24.2 Å². The van der Waals surface area contributed by atoms with E-state index in [2.05, 4.69) is 10.6 Å². The maximum absolute atomic E-state index is 12.1. The second kappa shape index (κ2) is 9.96. The number of benzene rings is 2. The lowest BCUT2D eigenvalue weighted by Gasteiger charge is -2.09. The number of anilines is 1. The van der Waals surface area contributed by atoms with Crippen molar-refractivity contribution in [1.82, 2.24) is 5.32 Å². The molecule has 0 aliphatic rings. The summed E-state index contributed by atoms with van der Waals surface area (Å²) in [5, 5.41) is 6.08. The highest BCUT2D eigenvalue weighted by atomic mass is 35.5. The van der Waals surface area contributed by atoms with Crippen LogP contribution in [0.3, 0.4) is 0 Å². The number of likely N-dealkylation sites (N-methyl/N-ethyl adjacent to an activating group) is 1. The van der Waals surface area contributed by atoms with E-state index in [1.54, 1.807) is 30.3 Å². The van der Waals surface area contributed by atoms with E-state index < -0.39 is 0 Å². The summed E-state index contributed by atoms with van der Waals surface area (Å²) in [7, 11) is 0. The minimum atomic E-state index is -0.187. The van der Waals surface area contributed by atoms with Crippen molar-refractivity contribution in [2.45, 2.75) is 11.8 Å². The number of rotatable bonds is 8. The Labute approximate surface area is 156 Å². The van der Waals surface area contributed by atoms with Crippen LogP contribution in [0.25, 0.3) is 0 Å². The van der Waals surface area contributed by atoms with Gasteiger partial charge >= 0.3 is 0 Å². The van der Waals surface area contributed by atoms with Crippen LogP contribution in [0.2, 0.25) is 5.02 Å². The van der Waals surface area contributed by atoms with Gasteiger partial charge < -0.3 is 15.4 Å². The lowest BCUT2D eigenvalue weighted by molar-refractivity contribution is -0.123. The molecule has 25 heavy (non-hydrogen) atoms. The molecule has 0 aromatic heterocycles. The number of ether oxygens (including phenoxy) is 1. The Hall–Kier alpha value is -2.18. The standard InChI is InChI=1S/C18H19ClN2O3S/c1-2-20-17(22)11-24-14-7-5-6-13(10-14)21-18(23)12-25-16-9-4-3-8-15(16)19/h3-10H,2,11-12H2,1H3,(H,20,22)(H,21,23). The van der Waals surface area contributed by atoms with Crippen LogP contribution in [0.5, 0.6) is 5.75 Å². The van der Waals surface area contributed by atoms with Gasteiger partial charge in [-0.15, -0.1) is 11.8 Å². The van der Waals surface area contributed by atoms with E-state index in [9.17, 15) is 9.59 Å². The number of carbonyl (C=O) groups is 2. The van der Waals surface area contributed by atoms with Gasteiger partial charge in [0.2, 0.25) is 5.91 Å². The zero-order chi connectivity index (χ0) is 18.1. The molecule has 0 saturated heterocycles. The lowest BCUT2D eigenvalue weighted by atomic mass is 10.3. The second-order valence-electron chi connectivity index (χ2n) is 5.04. The third-order valence-electron chi connectivity index (χ3n) is 3.06. The predicted octanol–water partition coefficient (Wildman–Crippen LogP) is 3.59. The van der Waals surface area contributed by atoms with Crippen molar-refractivity contribution in [3.63, 3.8) is 0 Å². The van der Waals surface area contributed by atoms with Crippen molar-refractivity contribution >= 4 is 40.9 Å². The summed E-state index contributed by atoms with van der Waals surface area (Å²) in [6.07, 6.45) is 0. The zero-order valence-corrected chi connectivity index (χ0v) is 15.3. The summed E-state index contributed by atoms with van der Waals surface area (Å²) in [6, 6.07) is 14.3. The summed E-state index contributed by atoms with van der Waals surface area (Å²) in [5.74, 6) is 0.426. The third-order valence-corrected chi connectivity index (χ3v) is 4.57. The van der Waals surface area contributed by atoms with Crippen molar-refractivity contribution in [2.75, 3.05) is 24.2 Å². The molecule has 7 heteroatoms. The molecule has 0 aliphatic carbocycles. The highest BCUT2D eigenvalue weighted by Gasteiger charge is 2.07. The first-order chi connectivity index (χ1) is 12.1. The number of nitrogens with one attached hydrogen (secondary N) is 2. The van der Waals surface area contributed by atoms with E-state index in [1.165, 1.54) is 11.8 Å². The van der Waals surface area contributed by atoms with Gasteiger partial charge in [0.25, 0.3) is 5.91 Å². The largest absolute Gasteiger partial charge is 0.484 e. The number of carbonyl (C=O) groups excluding carboxylic acids is 2. The van der Waals surface area contributed by atoms with Crippen LogP contribution >= 0.6 is 23.4 Å². The lowest BCUT2D eigenvalue weighted by Crippen LogP contribution is -2.28. The SMILES string of the molecule is CCNC(=O)COc1cccc(NC(=O)CSc2ccccc2Cl)c1. The molecule has 0 radical (unpaired) electrons. The third kappa shape index (κ3) is 6.68. The van der Waals surface area contributed by atoms with Crippen LogP contribution < -0.4 is 15.4 Å². The van der Waals surface area contributed by atoms with Crippen LogP contribution in [0.1, 0.15) is 6.92 Å². The molecule has 0 bridgehead atoms. The highest BCUT2D eigenvalue weighted by Crippen LogP contribution is 2.26. The smallest absolute Gasteiger partial charge is 0.257 e. The Morgan fingerprint density at radius 2 is 1.92 bits per heavy atom. The molecule has 2 aromatic carbocycles. The van der Waals surface area contributed by atoms with Crippen molar-refractivity contribution in [1.29, 1.82) is 0 Å². The Morgan fingerprint density at radius 1 is 1.12 bits per heavy atom. The van der Waals surface area contributed by atoms with Crippen molar-refractivity contribution in [3.05, 3.63) is 53.6 Å². The van der Waals surface area contributed by atoms with E-state index in [0.717, 1.165) is 4.90 Å². The van der Waals surface area contributed by atoms with Gasteiger partial charge in [-0.25, -0.2) is 0 Å². The first-order valence-corrected chi connectivity index (χ1v) is 9.11. The van der Waals surface area contributed by atoms with E-state index in [4.69, 9.17) is 16.3 Å². The molecule has 0 heterocycles. The van der Waals surface area contributed by atoms with Crippen LogP contribution in [-0.2, 0) is 9.59 Å². The van der Waals surface area contributed by atoms with Gasteiger partial charge in [-0.3, -0.25) is 9.59 Å². The minimum absolute atomic E-state index is 0.0619. The second-order valence-corrected chi connectivity index (χ2v) is 6.46. The molecule has 2 N–H and O–H groups in total. The van der Waals surface area contributed by atoms with Crippen molar-refractivity contribution < 1.29 is 14.3 Å². The molecule has 0 unspecified atom stereocenters. The quantitative estimate of drug-likeness (QED) is 0.689. The van der Waals surface area contributed by atoms with Gasteiger partial charge in [0, 0.05) is 23.2 Å². The Bertz CT molecular complexity index is 740. The van der Waals surface area contributed by atoms with Crippen molar-refractivity contribution in [3.8, 4) is 5.75 Å². The van der Waals surface area contributed by atoms with Crippen LogP contribution in [0.4, 0.5) is 5.69 Å². The topological polar surface area (TPSA) is 67.4 Å². The number of amides is 2. The Balaban J connectivity index is 1.85. The van der Waals surface area contributed by atoms with E-state index >= 15 is 0 Å². The van der Waals surface area contributed by atoms with Crippen LogP contribution in [0, 0.1) is 0 Å². The van der Waals surface area contributed by atoms with E-state index in [0.29, 0.717) is 23.0 Å². The molecule has 0 spiro atoms. The highest BCUT2D eigenvalue weighted by molar-refractivity contribution is 8.00. The van der Waals surface area contributed by atoms with Gasteiger partial charge in [0.15, 0.2) is 6.61 Å². The molecular formula is C18H19ClN2O3S. The molecular weight excluding hydrogens is 360 g/mol. The summed E-state index contributed by atoms with van der Waals surface area (Å²) in [4.78, 5) is 24.3. The maximum atomic E-state index is 12.1. The number of hydrogen-bond acceptors (Lipinski definition) is 4. The average Bonchev–Trinajstić information content (AvgIpc) is 2.60. The summed E-state index contributed by atoms with van der Waals surface area (Å²) in [5.41, 5.74) is 0.609. The fourth-order valence-corrected chi connectivity index (χ4v) is 3.00. The molecule has 2 rings (SSSR count). The van der Waals surface area contributed by atoms with Crippen LogP contribution in [-0.4, -0.2) is 30.7 Å². The fraction of sp³-hybridized carbons (Fsp3) is 0.222. The summed E-state index contributed by atoms with van der Waals surface area (Å²) in [6.45, 7) is 2.34. The Kier molecular flexibility index (Phi) is 7.63. The first kappa shape index (κ1) is 19.1.